The third kappa shape index (κ3) is 9.58. The molecule has 7 rings (SSSR count). The van der Waals surface area contributed by atoms with Gasteiger partial charge >= 0.3 is 6.18 Å². The normalized spacial score (nSPS) is 20.5. The number of piperidine rings is 1. The van der Waals surface area contributed by atoms with Crippen molar-refractivity contribution in [2.45, 2.75) is 76.2 Å². The lowest BCUT2D eigenvalue weighted by atomic mass is 9.75. The van der Waals surface area contributed by atoms with E-state index in [4.69, 9.17) is 28.6 Å². The predicted molar refractivity (Wildman–Crippen MR) is 231 cm³/mol. The van der Waals surface area contributed by atoms with E-state index in [9.17, 15) is 37.6 Å². The smallest absolute Gasteiger partial charge is 0.417 e. The van der Waals surface area contributed by atoms with E-state index in [0.717, 1.165) is 42.1 Å². The van der Waals surface area contributed by atoms with E-state index in [2.05, 4.69) is 32.7 Å². The Morgan fingerprint density at radius 1 is 1.07 bits per heavy atom. The highest BCUT2D eigenvalue weighted by Crippen LogP contribution is 2.49. The number of carbonyl (C=O) groups is 4. The number of hydrogen-bond donors (Lipinski definition) is 3. The first-order valence-corrected chi connectivity index (χ1v) is 20.6. The van der Waals surface area contributed by atoms with Crippen molar-refractivity contribution in [1.29, 1.82) is 5.26 Å². The number of anilines is 4. The van der Waals surface area contributed by atoms with Gasteiger partial charge in [-0.15, -0.1) is 12.4 Å². The molecule has 1 saturated carbocycles. The summed E-state index contributed by atoms with van der Waals surface area (Å²) in [5.74, 6) is -0.628. The molecule has 1 unspecified atom stereocenters. The molecule has 3 N–H and O–H groups in total. The van der Waals surface area contributed by atoms with Gasteiger partial charge in [-0.25, -0.2) is 0 Å². The van der Waals surface area contributed by atoms with Gasteiger partial charge in [0.2, 0.25) is 17.7 Å². The van der Waals surface area contributed by atoms with Gasteiger partial charge in [-0.05, 0) is 111 Å². The minimum atomic E-state index is -4.79. The van der Waals surface area contributed by atoms with Crippen molar-refractivity contribution in [3.05, 3.63) is 76.3 Å². The lowest BCUT2D eigenvalue weighted by molar-refractivity contribution is -0.138. The first-order valence-electron chi connectivity index (χ1n) is 19.8. The van der Waals surface area contributed by atoms with Crippen molar-refractivity contribution in [3.8, 4) is 11.8 Å². The zero-order valence-electron chi connectivity index (χ0n) is 33.4. The van der Waals surface area contributed by atoms with Crippen LogP contribution in [0.1, 0.15) is 62.6 Å². The van der Waals surface area contributed by atoms with Crippen molar-refractivity contribution in [1.82, 2.24) is 15.1 Å². The van der Waals surface area contributed by atoms with Crippen LogP contribution in [0, 0.1) is 11.3 Å². The first-order chi connectivity index (χ1) is 28.6. The number of carbonyl (C=O) groups excluding carboxylic acids is 4. The number of piperazine rings is 1. The summed E-state index contributed by atoms with van der Waals surface area (Å²) in [5, 5.41) is 18.1. The molecule has 0 aromatic heterocycles. The predicted octanol–water partition coefficient (Wildman–Crippen LogP) is 6.52. The topological polar surface area (TPSA) is 150 Å². The minimum absolute atomic E-state index is 0. The van der Waals surface area contributed by atoms with Gasteiger partial charge in [0.05, 0.1) is 29.4 Å². The zero-order chi connectivity index (χ0) is 42.9. The molecule has 2 atom stereocenters. The van der Waals surface area contributed by atoms with Crippen LogP contribution in [-0.4, -0.2) is 95.5 Å². The molecule has 1 spiro atoms. The van der Waals surface area contributed by atoms with Gasteiger partial charge in [-0.2, -0.15) is 18.4 Å². The number of alkyl halides is 3. The number of halogens is 5. The van der Waals surface area contributed by atoms with E-state index in [1.165, 1.54) is 6.07 Å². The number of thiocarbonyl (C=S) groups is 1. The molecule has 4 fully saturated rings. The number of nitrogens with zero attached hydrogens (tertiary/aromatic N) is 5. The Bertz CT molecular complexity index is 2270. The fourth-order valence-electron chi connectivity index (χ4n) is 8.29. The highest BCUT2D eigenvalue weighted by atomic mass is 35.5. The summed E-state index contributed by atoms with van der Waals surface area (Å²) < 4.78 is 47.8. The van der Waals surface area contributed by atoms with Gasteiger partial charge < -0.3 is 20.3 Å². The number of aryl methyl sites for hydroxylation is 1. The lowest BCUT2D eigenvalue weighted by Gasteiger charge is -2.43. The summed E-state index contributed by atoms with van der Waals surface area (Å²) in [5.41, 5.74) is -0.128. The molecule has 3 aromatic rings. The largest absolute Gasteiger partial charge is 0.492 e. The standard InChI is InChI=1S/C42H44ClF3N8O5S.ClH/c1-3-26-17-32(54-40(60)53(39(58)41(54)11-4-12-41)31-6-5-27(22-47)33(21-31)42(44,45)46)7-9-35(26)59-16-15-51-13-14-52(25(2)23-51)24-37(56)49-30-19-28(43)18-29(20-30)48-34-8-10-36(55)50-38(34)57;/h5-7,9,17-21,25,34,48H,3-4,8,10-16,23-24H2,1-2H3,(H,49,56)(H,50,55,57);1H/t25-,34?;/m1./s1. The molecule has 4 amide bonds. The second-order valence-electron chi connectivity index (χ2n) is 15.5. The summed E-state index contributed by atoms with van der Waals surface area (Å²) in [6.07, 6.45) is -1.83. The van der Waals surface area contributed by atoms with Crippen LogP contribution in [0.5, 0.6) is 5.75 Å². The van der Waals surface area contributed by atoms with Crippen LogP contribution in [0.3, 0.4) is 0 Å². The van der Waals surface area contributed by atoms with Crippen LogP contribution in [-0.2, 0) is 31.8 Å². The Morgan fingerprint density at radius 3 is 2.46 bits per heavy atom. The monoisotopic (exact) mass is 900 g/mol. The Labute approximate surface area is 367 Å². The van der Waals surface area contributed by atoms with Gasteiger partial charge in [0, 0.05) is 60.7 Å². The quantitative estimate of drug-likeness (QED) is 0.135. The zero-order valence-corrected chi connectivity index (χ0v) is 35.8. The average molecular weight is 902 g/mol. The van der Waals surface area contributed by atoms with E-state index in [-0.39, 0.29) is 59.9 Å². The Balaban J connectivity index is 0.00000622. The van der Waals surface area contributed by atoms with E-state index in [1.54, 1.807) is 29.2 Å². The number of ether oxygens (including phenoxy) is 1. The lowest BCUT2D eigenvalue weighted by Crippen LogP contribution is -2.55. The molecule has 13 nitrogen and oxygen atoms in total. The van der Waals surface area contributed by atoms with Crippen LogP contribution in [0.15, 0.2) is 54.6 Å². The fourth-order valence-corrected chi connectivity index (χ4v) is 8.99. The summed E-state index contributed by atoms with van der Waals surface area (Å²) in [7, 11) is 0. The van der Waals surface area contributed by atoms with Crippen LogP contribution in [0.2, 0.25) is 5.02 Å². The molecule has 3 saturated heterocycles. The number of amides is 4. The van der Waals surface area contributed by atoms with Crippen molar-refractivity contribution in [2.75, 3.05) is 59.8 Å². The van der Waals surface area contributed by atoms with Gasteiger partial charge in [0.25, 0.3) is 5.91 Å². The second-order valence-corrected chi connectivity index (χ2v) is 16.3. The number of benzene rings is 3. The number of imide groups is 1. The Morgan fingerprint density at radius 2 is 1.80 bits per heavy atom. The SMILES string of the molecule is CCc1cc(N2C(=S)N(c3ccc(C#N)c(C(F)(F)F)c3)C(=O)C23CCC3)ccc1OCCN1CCN(CC(=O)Nc2cc(Cl)cc(NC3CCC(=O)NC3=O)c2)[C@H](C)C1.Cl. The Kier molecular flexibility index (Phi) is 13.8. The van der Waals surface area contributed by atoms with E-state index in [0.29, 0.717) is 73.2 Å². The van der Waals surface area contributed by atoms with Gasteiger partial charge in [-0.3, -0.25) is 39.2 Å². The molecule has 1 aliphatic carbocycles. The van der Waals surface area contributed by atoms with E-state index < -0.39 is 34.8 Å². The highest BCUT2D eigenvalue weighted by Gasteiger charge is 2.59. The summed E-state index contributed by atoms with van der Waals surface area (Å²) >= 11 is 12.1. The molecule has 0 bridgehead atoms. The molecular formula is C42H45Cl2F3N8O5S. The molecule has 19 heteroatoms. The molecule has 61 heavy (non-hydrogen) atoms. The Hall–Kier alpha value is -4.99. The third-order valence-corrected chi connectivity index (χ3v) is 12.2. The first kappa shape index (κ1) is 45.5. The maximum Gasteiger partial charge on any atom is 0.417 e. The van der Waals surface area contributed by atoms with E-state index >= 15 is 0 Å². The maximum atomic E-state index is 14.0. The van der Waals surface area contributed by atoms with Crippen LogP contribution >= 0.6 is 36.2 Å². The molecule has 3 heterocycles. The molecule has 3 aromatic carbocycles. The van der Waals surface area contributed by atoms with Crippen molar-refractivity contribution in [2.24, 2.45) is 0 Å². The minimum Gasteiger partial charge on any atom is -0.492 e. The van der Waals surface area contributed by atoms with Gasteiger partial charge in [0.1, 0.15) is 23.9 Å². The molecule has 3 aliphatic heterocycles. The summed E-state index contributed by atoms with van der Waals surface area (Å²) in [4.78, 5) is 58.1. The molecule has 4 aliphatic rings. The highest BCUT2D eigenvalue weighted by molar-refractivity contribution is 7.81. The van der Waals surface area contributed by atoms with Crippen LogP contribution in [0.4, 0.5) is 35.9 Å². The van der Waals surface area contributed by atoms with Gasteiger partial charge in [0.15, 0.2) is 5.11 Å². The fraction of sp³-hybridized carbons (Fsp3) is 0.429. The average Bonchev–Trinajstić information content (AvgIpc) is 3.42. The summed E-state index contributed by atoms with van der Waals surface area (Å²) in [6.45, 7) is 7.38. The molecule has 0 radical (unpaired) electrons. The van der Waals surface area contributed by atoms with Crippen molar-refractivity contribution < 1.29 is 37.1 Å². The van der Waals surface area contributed by atoms with Crippen LogP contribution in [0.25, 0.3) is 0 Å². The second kappa shape index (κ2) is 18.5. The van der Waals surface area contributed by atoms with Crippen molar-refractivity contribution in [3.63, 3.8) is 0 Å². The number of hydrogen-bond acceptors (Lipinski definition) is 10. The maximum absolute atomic E-state index is 14.0. The summed E-state index contributed by atoms with van der Waals surface area (Å²) in [6, 6.07) is 14.8. The van der Waals surface area contributed by atoms with E-state index in [1.807, 2.05) is 25.1 Å². The number of nitriles is 1. The van der Waals surface area contributed by atoms with Crippen molar-refractivity contribution >= 4 is 87.7 Å². The van der Waals surface area contributed by atoms with Crippen LogP contribution < -0.4 is 30.5 Å². The number of rotatable bonds is 12. The van der Waals surface area contributed by atoms with Gasteiger partial charge in [-0.1, -0.05) is 18.5 Å². The third-order valence-electron chi connectivity index (χ3n) is 11.6. The molecular weight excluding hydrogens is 856 g/mol. The molecule has 324 valence electrons. The number of nitrogens with one attached hydrogen (secondary N) is 3.